The fourth-order valence-electron chi connectivity index (χ4n) is 2.16. The van der Waals surface area contributed by atoms with Crippen LogP contribution in [0.3, 0.4) is 0 Å². The van der Waals surface area contributed by atoms with Crippen LogP contribution in [0.5, 0.6) is 0 Å². The van der Waals surface area contributed by atoms with Crippen molar-refractivity contribution in [3.8, 4) is 0 Å². The molecular formula is C15H20N2O. The minimum absolute atomic E-state index is 0.106. The monoisotopic (exact) mass is 244 g/mol. The van der Waals surface area contributed by atoms with Crippen molar-refractivity contribution in [3.05, 3.63) is 46.8 Å². The van der Waals surface area contributed by atoms with Gasteiger partial charge in [-0.05, 0) is 38.1 Å². The van der Waals surface area contributed by atoms with Gasteiger partial charge in [-0.1, -0.05) is 19.1 Å². The van der Waals surface area contributed by atoms with Crippen LogP contribution in [0.4, 0.5) is 0 Å². The second kappa shape index (κ2) is 6.36. The first-order chi connectivity index (χ1) is 8.83. The van der Waals surface area contributed by atoms with Crippen molar-refractivity contribution >= 4 is 10.9 Å². The van der Waals surface area contributed by atoms with Crippen LogP contribution >= 0.6 is 0 Å². The van der Waals surface area contributed by atoms with Crippen LogP contribution in [0.15, 0.2) is 41.3 Å². The molecule has 0 radical (unpaired) electrons. The van der Waals surface area contributed by atoms with Gasteiger partial charge in [0, 0.05) is 24.2 Å². The molecule has 2 rings (SSSR count). The molecule has 18 heavy (non-hydrogen) atoms. The predicted octanol–water partition coefficient (Wildman–Crippen LogP) is 2.39. The lowest BCUT2D eigenvalue weighted by Crippen LogP contribution is -2.15. The van der Waals surface area contributed by atoms with Gasteiger partial charge in [0.25, 0.3) is 0 Å². The van der Waals surface area contributed by atoms with Gasteiger partial charge in [-0.15, -0.1) is 0 Å². The van der Waals surface area contributed by atoms with Crippen molar-refractivity contribution in [1.82, 2.24) is 9.88 Å². The fourth-order valence-corrected chi connectivity index (χ4v) is 2.16. The van der Waals surface area contributed by atoms with Crippen LogP contribution in [-0.2, 0) is 6.54 Å². The summed E-state index contributed by atoms with van der Waals surface area (Å²) in [6.45, 7) is 5.18. The highest BCUT2D eigenvalue weighted by Gasteiger charge is 2.01. The topological polar surface area (TPSA) is 34.0 Å². The van der Waals surface area contributed by atoms with Gasteiger partial charge in [0.1, 0.15) is 0 Å². The Morgan fingerprint density at radius 2 is 2.00 bits per heavy atom. The Morgan fingerprint density at radius 1 is 1.17 bits per heavy atom. The number of para-hydroxylation sites is 1. The van der Waals surface area contributed by atoms with E-state index < -0.39 is 0 Å². The van der Waals surface area contributed by atoms with Crippen LogP contribution in [-0.4, -0.2) is 17.7 Å². The molecule has 0 fully saturated rings. The van der Waals surface area contributed by atoms with Gasteiger partial charge in [0.05, 0.1) is 5.52 Å². The minimum Gasteiger partial charge on any atom is -0.347 e. The Kier molecular flexibility index (Phi) is 4.53. The largest absolute Gasteiger partial charge is 0.347 e. The SMILES string of the molecule is CCNCCCCn1ccc(=O)c2ccccc21. The maximum absolute atomic E-state index is 11.7. The average molecular weight is 244 g/mol. The van der Waals surface area contributed by atoms with Crippen LogP contribution in [0, 0.1) is 0 Å². The molecule has 1 aromatic carbocycles. The van der Waals surface area contributed by atoms with Gasteiger partial charge in [0.15, 0.2) is 5.43 Å². The summed E-state index contributed by atoms with van der Waals surface area (Å²) in [5.41, 5.74) is 1.14. The molecule has 3 heteroatoms. The van der Waals surface area contributed by atoms with Gasteiger partial charge < -0.3 is 9.88 Å². The van der Waals surface area contributed by atoms with Crippen molar-refractivity contribution < 1.29 is 0 Å². The first-order valence-corrected chi connectivity index (χ1v) is 6.62. The molecule has 0 aliphatic heterocycles. The first kappa shape index (κ1) is 12.8. The summed E-state index contributed by atoms with van der Waals surface area (Å²) >= 11 is 0. The Bertz CT molecular complexity index is 560. The van der Waals surface area contributed by atoms with E-state index in [4.69, 9.17) is 0 Å². The summed E-state index contributed by atoms with van der Waals surface area (Å²) in [5.74, 6) is 0. The van der Waals surface area contributed by atoms with Crippen molar-refractivity contribution in [3.63, 3.8) is 0 Å². The van der Waals surface area contributed by atoms with Gasteiger partial charge in [0.2, 0.25) is 0 Å². The van der Waals surface area contributed by atoms with Crippen molar-refractivity contribution in [2.75, 3.05) is 13.1 Å². The molecule has 0 spiro atoms. The van der Waals surface area contributed by atoms with E-state index >= 15 is 0 Å². The third-order valence-corrected chi connectivity index (χ3v) is 3.14. The number of pyridine rings is 1. The van der Waals surface area contributed by atoms with Crippen LogP contribution < -0.4 is 10.7 Å². The number of fused-ring (bicyclic) bond motifs is 1. The molecule has 0 aliphatic carbocycles. The summed E-state index contributed by atoms with van der Waals surface area (Å²) in [7, 11) is 0. The normalized spacial score (nSPS) is 10.9. The molecular weight excluding hydrogens is 224 g/mol. The first-order valence-electron chi connectivity index (χ1n) is 6.62. The molecule has 0 atom stereocenters. The number of rotatable bonds is 6. The third-order valence-electron chi connectivity index (χ3n) is 3.14. The van der Waals surface area contributed by atoms with Crippen molar-refractivity contribution in [1.29, 1.82) is 0 Å². The van der Waals surface area contributed by atoms with Gasteiger partial charge in [-0.25, -0.2) is 0 Å². The average Bonchev–Trinajstić information content (AvgIpc) is 2.41. The summed E-state index contributed by atoms with van der Waals surface area (Å²) in [6.07, 6.45) is 4.19. The molecule has 0 unspecified atom stereocenters. The second-order valence-corrected chi connectivity index (χ2v) is 4.45. The number of aryl methyl sites for hydroxylation is 1. The molecule has 0 aliphatic rings. The van der Waals surface area contributed by atoms with Gasteiger partial charge in [-0.3, -0.25) is 4.79 Å². The van der Waals surface area contributed by atoms with E-state index in [1.165, 1.54) is 0 Å². The quantitative estimate of drug-likeness (QED) is 0.792. The van der Waals surface area contributed by atoms with E-state index in [0.717, 1.165) is 43.4 Å². The summed E-state index contributed by atoms with van der Waals surface area (Å²) < 4.78 is 2.17. The molecule has 0 bridgehead atoms. The number of nitrogens with one attached hydrogen (secondary N) is 1. The fraction of sp³-hybridized carbons (Fsp3) is 0.400. The Hall–Kier alpha value is -1.61. The van der Waals surface area contributed by atoms with E-state index in [0.29, 0.717) is 0 Å². The Balaban J connectivity index is 2.09. The third kappa shape index (κ3) is 2.99. The van der Waals surface area contributed by atoms with E-state index in [-0.39, 0.29) is 5.43 Å². The summed E-state index contributed by atoms with van der Waals surface area (Å²) in [5, 5.41) is 4.13. The van der Waals surface area contributed by atoms with Crippen LogP contribution in [0.1, 0.15) is 19.8 Å². The number of benzene rings is 1. The number of hydrogen-bond donors (Lipinski definition) is 1. The standard InChI is InChI=1S/C15H20N2O/c1-2-16-10-5-6-11-17-12-9-15(18)13-7-3-4-8-14(13)17/h3-4,7-9,12,16H,2,5-6,10-11H2,1H3. The molecule has 1 aromatic heterocycles. The maximum Gasteiger partial charge on any atom is 0.189 e. The highest BCUT2D eigenvalue weighted by molar-refractivity contribution is 5.78. The summed E-state index contributed by atoms with van der Waals surface area (Å²) in [4.78, 5) is 11.7. The van der Waals surface area contributed by atoms with E-state index in [9.17, 15) is 4.79 Å². The lowest BCUT2D eigenvalue weighted by molar-refractivity contribution is 0.584. The van der Waals surface area contributed by atoms with Gasteiger partial charge >= 0.3 is 0 Å². The molecule has 1 heterocycles. The predicted molar refractivity (Wildman–Crippen MR) is 76.0 cm³/mol. The van der Waals surface area contributed by atoms with Crippen molar-refractivity contribution in [2.45, 2.75) is 26.3 Å². The highest BCUT2D eigenvalue weighted by atomic mass is 16.1. The molecule has 96 valence electrons. The van der Waals surface area contributed by atoms with Crippen LogP contribution in [0.25, 0.3) is 10.9 Å². The van der Waals surface area contributed by atoms with Crippen LogP contribution in [0.2, 0.25) is 0 Å². The molecule has 2 aromatic rings. The van der Waals surface area contributed by atoms with E-state index in [2.05, 4.69) is 16.8 Å². The molecule has 0 saturated carbocycles. The molecule has 0 amide bonds. The smallest absolute Gasteiger partial charge is 0.189 e. The molecule has 0 saturated heterocycles. The number of unbranched alkanes of at least 4 members (excludes halogenated alkanes) is 1. The number of hydrogen-bond acceptors (Lipinski definition) is 2. The Labute approximate surface area is 107 Å². The molecule has 3 nitrogen and oxygen atoms in total. The zero-order chi connectivity index (χ0) is 12.8. The number of nitrogens with zero attached hydrogens (tertiary/aromatic N) is 1. The van der Waals surface area contributed by atoms with Gasteiger partial charge in [-0.2, -0.15) is 0 Å². The van der Waals surface area contributed by atoms with E-state index in [1.54, 1.807) is 6.07 Å². The maximum atomic E-state index is 11.7. The number of aromatic nitrogens is 1. The second-order valence-electron chi connectivity index (χ2n) is 4.45. The summed E-state index contributed by atoms with van der Waals surface area (Å²) in [6, 6.07) is 9.47. The lowest BCUT2D eigenvalue weighted by Gasteiger charge is -2.10. The van der Waals surface area contributed by atoms with E-state index in [1.807, 2.05) is 30.5 Å². The minimum atomic E-state index is 0.106. The highest BCUT2D eigenvalue weighted by Crippen LogP contribution is 2.10. The Morgan fingerprint density at radius 3 is 2.83 bits per heavy atom. The van der Waals surface area contributed by atoms with Crippen molar-refractivity contribution in [2.24, 2.45) is 0 Å². The molecule has 1 N–H and O–H groups in total. The zero-order valence-electron chi connectivity index (χ0n) is 10.9. The zero-order valence-corrected chi connectivity index (χ0v) is 10.9. The lowest BCUT2D eigenvalue weighted by atomic mass is 10.2.